The molecule has 1 atom stereocenters. The Morgan fingerprint density at radius 2 is 2.44 bits per heavy atom. The Kier molecular flexibility index (Phi) is 3.56. The second kappa shape index (κ2) is 5.12. The number of aromatic nitrogens is 2. The summed E-state index contributed by atoms with van der Waals surface area (Å²) in [5, 5.41) is 3.36. The summed E-state index contributed by atoms with van der Waals surface area (Å²) in [6.45, 7) is 7.74. The highest BCUT2D eigenvalue weighted by Crippen LogP contribution is 2.18. The van der Waals surface area contributed by atoms with Gasteiger partial charge in [-0.25, -0.2) is 9.97 Å². The predicted octanol–water partition coefficient (Wildman–Crippen LogP) is 0.673. The molecule has 1 aromatic rings. The lowest BCUT2D eigenvalue weighted by Crippen LogP contribution is -2.50. The van der Waals surface area contributed by atoms with Crippen molar-refractivity contribution in [3.05, 3.63) is 12.4 Å². The Hall–Kier alpha value is -1.36. The van der Waals surface area contributed by atoms with E-state index in [-0.39, 0.29) is 0 Å². The number of nitrogens with zero attached hydrogens (tertiary/aromatic N) is 3. The zero-order valence-electron chi connectivity index (χ0n) is 9.81. The van der Waals surface area contributed by atoms with Crippen LogP contribution in [0.25, 0.3) is 0 Å². The van der Waals surface area contributed by atoms with Gasteiger partial charge in [0.15, 0.2) is 0 Å². The third-order valence-corrected chi connectivity index (χ3v) is 2.72. The highest BCUT2D eigenvalue weighted by Gasteiger charge is 2.19. The number of rotatable bonds is 3. The van der Waals surface area contributed by atoms with Crippen molar-refractivity contribution >= 4 is 5.82 Å². The van der Waals surface area contributed by atoms with E-state index in [1.165, 1.54) is 0 Å². The van der Waals surface area contributed by atoms with Gasteiger partial charge in [0.05, 0.1) is 6.61 Å². The van der Waals surface area contributed by atoms with Gasteiger partial charge in [-0.2, -0.15) is 0 Å². The van der Waals surface area contributed by atoms with Gasteiger partial charge in [0, 0.05) is 31.7 Å². The molecule has 0 aliphatic carbocycles. The van der Waals surface area contributed by atoms with Crippen molar-refractivity contribution in [2.24, 2.45) is 0 Å². The lowest BCUT2D eigenvalue weighted by Gasteiger charge is -2.34. The zero-order valence-corrected chi connectivity index (χ0v) is 9.81. The molecule has 1 aliphatic rings. The van der Waals surface area contributed by atoms with Crippen molar-refractivity contribution in [1.29, 1.82) is 0 Å². The molecule has 2 heterocycles. The summed E-state index contributed by atoms with van der Waals surface area (Å²) in [7, 11) is 0. The third kappa shape index (κ3) is 2.41. The van der Waals surface area contributed by atoms with Crippen LogP contribution in [0.15, 0.2) is 12.4 Å². The molecule has 5 nitrogen and oxygen atoms in total. The largest absolute Gasteiger partial charge is 0.478 e. The maximum atomic E-state index is 5.38. The van der Waals surface area contributed by atoms with Crippen molar-refractivity contribution in [2.45, 2.75) is 19.9 Å². The number of nitrogens with one attached hydrogen (secondary N) is 1. The van der Waals surface area contributed by atoms with Gasteiger partial charge in [-0.15, -0.1) is 0 Å². The van der Waals surface area contributed by atoms with Gasteiger partial charge in [0.1, 0.15) is 12.1 Å². The maximum absolute atomic E-state index is 5.38. The van der Waals surface area contributed by atoms with Crippen molar-refractivity contribution in [2.75, 3.05) is 31.1 Å². The fourth-order valence-corrected chi connectivity index (χ4v) is 1.90. The summed E-state index contributed by atoms with van der Waals surface area (Å²) in [6, 6.07) is 2.36. The summed E-state index contributed by atoms with van der Waals surface area (Å²) in [6.07, 6.45) is 1.56. The molecular weight excluding hydrogens is 204 g/mol. The van der Waals surface area contributed by atoms with E-state index in [9.17, 15) is 0 Å². The van der Waals surface area contributed by atoms with Gasteiger partial charge < -0.3 is 15.0 Å². The average Bonchev–Trinajstić information content (AvgIpc) is 2.30. The minimum Gasteiger partial charge on any atom is -0.478 e. The molecule has 1 N–H and O–H groups in total. The molecule has 0 spiro atoms. The fraction of sp³-hybridized carbons (Fsp3) is 0.636. The molecule has 1 unspecified atom stereocenters. The third-order valence-electron chi connectivity index (χ3n) is 2.72. The maximum Gasteiger partial charge on any atom is 0.218 e. The van der Waals surface area contributed by atoms with E-state index >= 15 is 0 Å². The van der Waals surface area contributed by atoms with Crippen molar-refractivity contribution in [3.63, 3.8) is 0 Å². The molecule has 0 radical (unpaired) electrons. The molecule has 0 amide bonds. The highest BCUT2D eigenvalue weighted by molar-refractivity contribution is 5.42. The minimum absolute atomic E-state index is 0.457. The molecule has 0 saturated carbocycles. The molecule has 1 aromatic heterocycles. The average molecular weight is 222 g/mol. The van der Waals surface area contributed by atoms with Gasteiger partial charge in [-0.05, 0) is 13.8 Å². The van der Waals surface area contributed by atoms with Crippen LogP contribution in [-0.2, 0) is 0 Å². The van der Waals surface area contributed by atoms with Crippen molar-refractivity contribution in [3.8, 4) is 5.88 Å². The summed E-state index contributed by atoms with van der Waals surface area (Å²) in [5.74, 6) is 1.60. The lowest BCUT2D eigenvalue weighted by molar-refractivity contribution is 0.326. The van der Waals surface area contributed by atoms with E-state index in [2.05, 4.69) is 27.1 Å². The molecule has 2 rings (SSSR count). The number of hydrogen-bond acceptors (Lipinski definition) is 5. The summed E-state index contributed by atoms with van der Waals surface area (Å²) in [4.78, 5) is 10.7. The SMILES string of the molecule is CCOc1cc(N2CCNCC2C)ncn1. The lowest BCUT2D eigenvalue weighted by atomic mass is 10.2. The molecular formula is C11H18N4O. The van der Waals surface area contributed by atoms with Crippen LogP contribution in [0.1, 0.15) is 13.8 Å². The van der Waals surface area contributed by atoms with Gasteiger partial charge >= 0.3 is 0 Å². The molecule has 0 bridgehead atoms. The van der Waals surface area contributed by atoms with Crippen LogP contribution in [0, 0.1) is 0 Å². The van der Waals surface area contributed by atoms with E-state index in [4.69, 9.17) is 4.74 Å². The number of piperazine rings is 1. The van der Waals surface area contributed by atoms with Gasteiger partial charge in [0.25, 0.3) is 0 Å². The Morgan fingerprint density at radius 3 is 3.19 bits per heavy atom. The first-order valence-corrected chi connectivity index (χ1v) is 5.73. The Balaban J connectivity index is 2.15. The molecule has 1 fully saturated rings. The van der Waals surface area contributed by atoms with Crippen LogP contribution in [0.3, 0.4) is 0 Å². The Labute approximate surface area is 95.8 Å². The standard InChI is InChI=1S/C11H18N4O/c1-3-16-11-6-10(13-8-14-11)15-5-4-12-7-9(15)2/h6,8-9,12H,3-5,7H2,1-2H3. The first-order chi connectivity index (χ1) is 7.81. The molecule has 1 aliphatic heterocycles. The number of hydrogen-bond donors (Lipinski definition) is 1. The molecule has 88 valence electrons. The van der Waals surface area contributed by atoms with Crippen molar-refractivity contribution < 1.29 is 4.74 Å². The minimum atomic E-state index is 0.457. The van der Waals surface area contributed by atoms with E-state index in [0.29, 0.717) is 18.5 Å². The van der Waals surface area contributed by atoms with E-state index in [1.807, 2.05) is 13.0 Å². The summed E-state index contributed by atoms with van der Waals surface area (Å²) in [5.41, 5.74) is 0. The first-order valence-electron chi connectivity index (χ1n) is 5.73. The van der Waals surface area contributed by atoms with Crippen LogP contribution in [0.4, 0.5) is 5.82 Å². The number of anilines is 1. The molecule has 1 saturated heterocycles. The predicted molar refractivity (Wildman–Crippen MR) is 62.9 cm³/mol. The zero-order chi connectivity index (χ0) is 11.4. The van der Waals surface area contributed by atoms with Gasteiger partial charge in [-0.1, -0.05) is 0 Å². The van der Waals surface area contributed by atoms with E-state index in [1.54, 1.807) is 6.33 Å². The molecule has 16 heavy (non-hydrogen) atoms. The molecule has 0 aromatic carbocycles. The van der Waals surface area contributed by atoms with E-state index < -0.39 is 0 Å². The van der Waals surface area contributed by atoms with Crippen molar-refractivity contribution in [1.82, 2.24) is 15.3 Å². The second-order valence-corrected chi connectivity index (χ2v) is 3.89. The Morgan fingerprint density at radius 1 is 1.56 bits per heavy atom. The van der Waals surface area contributed by atoms with Crippen LogP contribution in [0.5, 0.6) is 5.88 Å². The van der Waals surface area contributed by atoms with Crippen LogP contribution >= 0.6 is 0 Å². The molecule has 5 heteroatoms. The number of ether oxygens (including phenoxy) is 1. The topological polar surface area (TPSA) is 50.3 Å². The van der Waals surface area contributed by atoms with Gasteiger partial charge in [0.2, 0.25) is 5.88 Å². The quantitative estimate of drug-likeness (QED) is 0.814. The summed E-state index contributed by atoms with van der Waals surface area (Å²) >= 11 is 0. The normalized spacial score (nSPS) is 20.9. The monoisotopic (exact) mass is 222 g/mol. The second-order valence-electron chi connectivity index (χ2n) is 3.89. The van der Waals surface area contributed by atoms with Crippen LogP contribution in [0.2, 0.25) is 0 Å². The first kappa shape index (κ1) is 11.1. The van der Waals surface area contributed by atoms with Gasteiger partial charge in [-0.3, -0.25) is 0 Å². The van der Waals surface area contributed by atoms with E-state index in [0.717, 1.165) is 25.5 Å². The fourth-order valence-electron chi connectivity index (χ4n) is 1.90. The Bertz CT molecular complexity index is 345. The highest BCUT2D eigenvalue weighted by atomic mass is 16.5. The smallest absolute Gasteiger partial charge is 0.218 e. The van der Waals surface area contributed by atoms with Crippen LogP contribution in [-0.4, -0.2) is 42.3 Å². The summed E-state index contributed by atoms with van der Waals surface area (Å²) < 4.78 is 5.38. The van der Waals surface area contributed by atoms with Crippen LogP contribution < -0.4 is 15.0 Å².